The molecule has 1 aliphatic carbocycles. The minimum absolute atomic E-state index is 0.0409. The van der Waals surface area contributed by atoms with Gasteiger partial charge in [0.25, 0.3) is 11.8 Å². The monoisotopic (exact) mass is 531 g/mol. The molecule has 2 amide bonds. The number of rotatable bonds is 8. The molecule has 5 rings (SSSR count). The van der Waals surface area contributed by atoms with Crippen molar-refractivity contribution >= 4 is 22.7 Å². The van der Waals surface area contributed by atoms with Crippen LogP contribution in [0, 0.1) is 0 Å². The van der Waals surface area contributed by atoms with E-state index in [4.69, 9.17) is 10.5 Å². The predicted octanol–water partition coefficient (Wildman–Crippen LogP) is 2.82. The van der Waals surface area contributed by atoms with Crippen LogP contribution in [0.1, 0.15) is 60.4 Å². The van der Waals surface area contributed by atoms with E-state index in [1.807, 2.05) is 31.4 Å². The lowest BCUT2D eigenvalue weighted by atomic mass is 9.92. The molecule has 3 heterocycles. The van der Waals surface area contributed by atoms with E-state index in [-0.39, 0.29) is 36.0 Å². The number of pyridine rings is 1. The van der Waals surface area contributed by atoms with Crippen molar-refractivity contribution in [1.82, 2.24) is 29.9 Å². The van der Waals surface area contributed by atoms with Crippen molar-refractivity contribution in [2.24, 2.45) is 12.8 Å². The number of aromatic nitrogens is 5. The third-order valence-electron chi connectivity index (χ3n) is 6.87. The Labute approximate surface area is 226 Å². The van der Waals surface area contributed by atoms with E-state index in [0.29, 0.717) is 31.4 Å². The summed E-state index contributed by atoms with van der Waals surface area (Å²) in [5, 5.41) is 23.2. The van der Waals surface area contributed by atoms with Crippen LogP contribution in [-0.4, -0.2) is 59.2 Å². The molecule has 0 radical (unpaired) electrons. The maximum absolute atomic E-state index is 13.4. The van der Waals surface area contributed by atoms with Crippen LogP contribution in [-0.2, 0) is 13.6 Å². The van der Waals surface area contributed by atoms with Gasteiger partial charge in [-0.1, -0.05) is 6.07 Å². The Kier molecular flexibility index (Phi) is 7.09. The molecule has 204 valence electrons. The second kappa shape index (κ2) is 10.5. The quantitative estimate of drug-likeness (QED) is 0.316. The third kappa shape index (κ3) is 5.93. The third-order valence-corrected chi connectivity index (χ3v) is 6.87. The number of nitrogens with two attached hydrogens (primary N) is 1. The molecular formula is C28H33N7O4. The molecule has 0 unspecified atom stereocenters. The highest BCUT2D eigenvalue weighted by atomic mass is 16.5. The zero-order valence-electron chi connectivity index (χ0n) is 22.3. The van der Waals surface area contributed by atoms with Crippen LogP contribution in [0.25, 0.3) is 22.0 Å². The summed E-state index contributed by atoms with van der Waals surface area (Å²) in [5.41, 5.74) is 7.67. The average molecular weight is 532 g/mol. The van der Waals surface area contributed by atoms with E-state index in [1.165, 1.54) is 0 Å². The summed E-state index contributed by atoms with van der Waals surface area (Å²) in [6.45, 7) is 3.66. The molecule has 4 aromatic rings. The number of hydrogen-bond acceptors (Lipinski definition) is 7. The van der Waals surface area contributed by atoms with Crippen LogP contribution in [0.4, 0.5) is 0 Å². The summed E-state index contributed by atoms with van der Waals surface area (Å²) in [7, 11) is 1.86. The van der Waals surface area contributed by atoms with Crippen LogP contribution in [0.5, 0.6) is 5.88 Å². The van der Waals surface area contributed by atoms with Gasteiger partial charge in [0.2, 0.25) is 5.88 Å². The fourth-order valence-electron chi connectivity index (χ4n) is 4.99. The lowest BCUT2D eigenvalue weighted by Gasteiger charge is -2.29. The van der Waals surface area contributed by atoms with Crippen molar-refractivity contribution in [3.63, 3.8) is 0 Å². The summed E-state index contributed by atoms with van der Waals surface area (Å²) < 4.78 is 9.40. The van der Waals surface area contributed by atoms with E-state index >= 15 is 0 Å². The van der Waals surface area contributed by atoms with Crippen LogP contribution < -0.4 is 15.8 Å². The number of aliphatic hydroxyl groups is 1. The first-order valence-corrected chi connectivity index (χ1v) is 13.0. The van der Waals surface area contributed by atoms with Gasteiger partial charge in [0.05, 0.1) is 23.9 Å². The average Bonchev–Trinajstić information content (AvgIpc) is 3.48. The fourth-order valence-corrected chi connectivity index (χ4v) is 4.99. The lowest BCUT2D eigenvalue weighted by Crippen LogP contribution is -2.40. The van der Waals surface area contributed by atoms with Crippen molar-refractivity contribution in [3.05, 3.63) is 60.2 Å². The van der Waals surface area contributed by atoms with Crippen molar-refractivity contribution in [3.8, 4) is 17.0 Å². The second-order valence-corrected chi connectivity index (χ2v) is 10.7. The molecule has 3 aromatic heterocycles. The highest BCUT2D eigenvalue weighted by Gasteiger charge is 2.28. The Balaban J connectivity index is 1.31. The highest BCUT2D eigenvalue weighted by molar-refractivity contribution is 6.05. The molecule has 0 saturated heterocycles. The van der Waals surface area contributed by atoms with E-state index in [2.05, 4.69) is 20.5 Å². The van der Waals surface area contributed by atoms with Gasteiger partial charge in [0, 0.05) is 36.4 Å². The zero-order valence-corrected chi connectivity index (χ0v) is 22.3. The van der Waals surface area contributed by atoms with Gasteiger partial charge >= 0.3 is 0 Å². The Morgan fingerprint density at radius 2 is 1.95 bits per heavy atom. The van der Waals surface area contributed by atoms with Gasteiger partial charge in [-0.3, -0.25) is 19.0 Å². The van der Waals surface area contributed by atoms with E-state index < -0.39 is 11.5 Å². The first-order valence-electron chi connectivity index (χ1n) is 13.0. The zero-order chi connectivity index (χ0) is 27.7. The van der Waals surface area contributed by atoms with Gasteiger partial charge in [0.1, 0.15) is 11.7 Å². The highest BCUT2D eigenvalue weighted by Crippen LogP contribution is 2.29. The Morgan fingerprint density at radius 3 is 2.62 bits per heavy atom. The van der Waals surface area contributed by atoms with Gasteiger partial charge < -0.3 is 20.9 Å². The Bertz CT molecular complexity index is 1510. The van der Waals surface area contributed by atoms with Crippen LogP contribution in [0.15, 0.2) is 48.9 Å². The summed E-state index contributed by atoms with van der Waals surface area (Å²) in [4.78, 5) is 29.2. The minimum atomic E-state index is -1.02. The lowest BCUT2D eigenvalue weighted by molar-refractivity contribution is 0.0587. The van der Waals surface area contributed by atoms with Crippen LogP contribution >= 0.6 is 0 Å². The second-order valence-electron chi connectivity index (χ2n) is 10.7. The SMILES string of the molecule is Cn1cc(-c2ccc3c(C(=O)N[C@H]4CC[C@H](Oc5ncccc5C(N)=O)CC4)nn(CC(C)(C)O)c3c2)cn1. The molecule has 0 atom stereocenters. The maximum atomic E-state index is 13.4. The van der Waals surface area contributed by atoms with Gasteiger partial charge in [-0.25, -0.2) is 4.98 Å². The number of primary amides is 1. The molecule has 1 aliphatic rings. The molecule has 4 N–H and O–H groups in total. The van der Waals surface area contributed by atoms with Crippen LogP contribution in [0.3, 0.4) is 0 Å². The fraction of sp³-hybridized carbons (Fsp3) is 0.393. The van der Waals surface area contributed by atoms with Gasteiger partial charge in [-0.2, -0.15) is 10.2 Å². The summed E-state index contributed by atoms with van der Waals surface area (Å²) in [5.74, 6) is -0.594. The first kappa shape index (κ1) is 26.4. The molecular weight excluding hydrogens is 498 g/mol. The summed E-state index contributed by atoms with van der Waals surface area (Å²) >= 11 is 0. The van der Waals surface area contributed by atoms with E-state index in [9.17, 15) is 14.7 Å². The number of fused-ring (bicyclic) bond motifs is 1. The van der Waals surface area contributed by atoms with Gasteiger partial charge in [-0.05, 0) is 69.4 Å². The minimum Gasteiger partial charge on any atom is -0.474 e. The molecule has 1 fully saturated rings. The number of ether oxygens (including phenoxy) is 1. The largest absolute Gasteiger partial charge is 0.474 e. The molecule has 0 bridgehead atoms. The molecule has 0 spiro atoms. The number of aryl methyl sites for hydroxylation is 1. The van der Waals surface area contributed by atoms with Gasteiger partial charge in [0.15, 0.2) is 5.69 Å². The number of benzene rings is 1. The molecule has 39 heavy (non-hydrogen) atoms. The van der Waals surface area contributed by atoms with Crippen molar-refractivity contribution in [2.75, 3.05) is 0 Å². The van der Waals surface area contributed by atoms with E-state index in [1.54, 1.807) is 47.7 Å². The maximum Gasteiger partial charge on any atom is 0.272 e. The number of nitrogens with one attached hydrogen (secondary N) is 1. The van der Waals surface area contributed by atoms with Gasteiger partial charge in [-0.15, -0.1) is 0 Å². The van der Waals surface area contributed by atoms with Crippen molar-refractivity contribution < 1.29 is 19.4 Å². The van der Waals surface area contributed by atoms with Crippen LogP contribution in [0.2, 0.25) is 0 Å². The number of nitrogens with zero attached hydrogens (tertiary/aromatic N) is 5. The Morgan fingerprint density at radius 1 is 1.18 bits per heavy atom. The molecule has 0 aliphatic heterocycles. The summed E-state index contributed by atoms with van der Waals surface area (Å²) in [6.07, 6.45) is 7.97. The normalized spacial score (nSPS) is 17.7. The summed E-state index contributed by atoms with van der Waals surface area (Å²) in [6, 6.07) is 9.02. The number of carbonyl (C=O) groups excluding carboxylic acids is 2. The van der Waals surface area contributed by atoms with Crippen molar-refractivity contribution in [1.29, 1.82) is 0 Å². The molecule has 1 saturated carbocycles. The Hall–Kier alpha value is -4.25. The number of amides is 2. The topological polar surface area (TPSA) is 150 Å². The standard InChI is InChI=1S/C28H33N7O4/c1-28(2,38)16-35-23-13-17(18-14-31-34(3)15-18)6-11-21(23)24(33-35)26(37)32-19-7-9-20(10-8-19)39-27-22(25(29)36)5-4-12-30-27/h4-6,11-15,19-20,38H,7-10,16H2,1-3H3,(H2,29,36)(H,32,37)/t19-,20-. The number of hydrogen-bond donors (Lipinski definition) is 3. The molecule has 11 nitrogen and oxygen atoms in total. The van der Waals surface area contributed by atoms with Crippen molar-refractivity contribution in [2.45, 2.75) is 63.8 Å². The number of carbonyl (C=O) groups is 2. The van der Waals surface area contributed by atoms with E-state index in [0.717, 1.165) is 22.0 Å². The predicted molar refractivity (Wildman–Crippen MR) is 145 cm³/mol. The first-order chi connectivity index (χ1) is 18.6. The smallest absolute Gasteiger partial charge is 0.272 e. The molecule has 11 heteroatoms. The molecule has 1 aromatic carbocycles.